The van der Waals surface area contributed by atoms with Crippen LogP contribution in [0.15, 0.2) is 67.2 Å². The monoisotopic (exact) mass is 312 g/mol. The molecule has 4 N–H and O–H groups in total. The average molecular weight is 312 g/mol. The van der Waals surface area contributed by atoms with E-state index in [-0.39, 0.29) is 6.04 Å². The Kier molecular flexibility index (Phi) is 8.29. The van der Waals surface area contributed by atoms with E-state index in [1.807, 2.05) is 25.4 Å². The van der Waals surface area contributed by atoms with Gasteiger partial charge in [0.25, 0.3) is 0 Å². The lowest BCUT2D eigenvalue weighted by Gasteiger charge is -2.13. The fourth-order valence-corrected chi connectivity index (χ4v) is 2.11. The Balaban J connectivity index is 2.81. The molecule has 0 fully saturated rings. The summed E-state index contributed by atoms with van der Waals surface area (Å²) in [4.78, 5) is 0. The lowest BCUT2D eigenvalue weighted by atomic mass is 10.1. The Morgan fingerprint density at radius 2 is 2.30 bits per heavy atom. The number of nitrogens with one attached hydrogen (secondary N) is 2. The van der Waals surface area contributed by atoms with Crippen molar-refractivity contribution in [1.82, 2.24) is 15.5 Å². The number of hydrogen-bond donors (Lipinski definition) is 3. The maximum absolute atomic E-state index is 5.62. The van der Waals surface area contributed by atoms with E-state index in [2.05, 4.69) is 47.7 Å². The van der Waals surface area contributed by atoms with Crippen LogP contribution in [0.3, 0.4) is 0 Å². The molecule has 1 atom stereocenters. The van der Waals surface area contributed by atoms with Gasteiger partial charge in [-0.25, -0.2) is 0 Å². The summed E-state index contributed by atoms with van der Waals surface area (Å²) in [6.45, 7) is 11.8. The first kappa shape index (κ1) is 18.6. The van der Waals surface area contributed by atoms with Gasteiger partial charge in [-0.05, 0) is 36.8 Å². The van der Waals surface area contributed by atoms with Crippen molar-refractivity contribution in [1.29, 1.82) is 0 Å². The molecule has 0 saturated heterocycles. The fraction of sp³-hybridized carbons (Fsp3) is 0.316. The van der Waals surface area contributed by atoms with Gasteiger partial charge in [0.2, 0.25) is 0 Å². The van der Waals surface area contributed by atoms with Gasteiger partial charge in [0, 0.05) is 17.5 Å². The number of H-pyrrole nitrogens is 1. The molecule has 4 nitrogen and oxygen atoms in total. The van der Waals surface area contributed by atoms with Crippen LogP contribution in [0.1, 0.15) is 43.5 Å². The van der Waals surface area contributed by atoms with Crippen LogP contribution in [0.2, 0.25) is 0 Å². The highest BCUT2D eigenvalue weighted by atomic mass is 15.1. The van der Waals surface area contributed by atoms with Gasteiger partial charge in [-0.15, -0.1) is 0 Å². The molecule has 1 heterocycles. The van der Waals surface area contributed by atoms with E-state index in [4.69, 9.17) is 5.73 Å². The number of aromatic amines is 1. The molecule has 0 spiro atoms. The van der Waals surface area contributed by atoms with E-state index in [0.29, 0.717) is 0 Å². The second kappa shape index (κ2) is 10.3. The van der Waals surface area contributed by atoms with Crippen LogP contribution in [0, 0.1) is 6.92 Å². The topological polar surface area (TPSA) is 66.7 Å². The maximum atomic E-state index is 5.62. The van der Waals surface area contributed by atoms with Crippen molar-refractivity contribution in [2.45, 2.75) is 39.2 Å². The zero-order valence-electron chi connectivity index (χ0n) is 14.2. The molecule has 0 radical (unpaired) electrons. The molecule has 0 aliphatic carbocycles. The Labute approximate surface area is 139 Å². The molecule has 23 heavy (non-hydrogen) atoms. The van der Waals surface area contributed by atoms with Crippen LogP contribution in [0.5, 0.6) is 0 Å². The van der Waals surface area contributed by atoms with Crippen LogP contribution in [-0.4, -0.2) is 10.2 Å². The largest absolute Gasteiger partial charge is 0.404 e. The third kappa shape index (κ3) is 6.02. The van der Waals surface area contributed by atoms with E-state index in [0.717, 1.165) is 28.8 Å². The molecule has 0 aromatic carbocycles. The minimum atomic E-state index is 0.0675. The molecule has 0 aliphatic rings. The maximum Gasteiger partial charge on any atom is 0.0725 e. The predicted molar refractivity (Wildman–Crippen MR) is 98.6 cm³/mol. The molecule has 1 rings (SSSR count). The van der Waals surface area contributed by atoms with Crippen molar-refractivity contribution >= 4 is 0 Å². The lowest BCUT2D eigenvalue weighted by molar-refractivity contribution is 0.739. The van der Waals surface area contributed by atoms with E-state index in [1.54, 1.807) is 6.08 Å². The van der Waals surface area contributed by atoms with Gasteiger partial charge in [0.15, 0.2) is 0 Å². The molecule has 0 amide bonds. The van der Waals surface area contributed by atoms with Crippen LogP contribution in [-0.2, 0) is 0 Å². The Hall–Kier alpha value is -2.49. The normalized spacial score (nSPS) is 13.6. The van der Waals surface area contributed by atoms with Gasteiger partial charge in [0.05, 0.1) is 12.2 Å². The summed E-state index contributed by atoms with van der Waals surface area (Å²) in [6.07, 6.45) is 16.7. The number of aryl methyl sites for hydroxylation is 1. The molecule has 0 aliphatic heterocycles. The first-order chi connectivity index (χ1) is 11.1. The number of hydrogen-bond acceptors (Lipinski definition) is 3. The average Bonchev–Trinajstić information content (AvgIpc) is 2.98. The van der Waals surface area contributed by atoms with Crippen LogP contribution >= 0.6 is 0 Å². The number of aromatic nitrogens is 2. The van der Waals surface area contributed by atoms with Crippen LogP contribution < -0.4 is 11.1 Å². The number of allylic oxidation sites excluding steroid dienone is 5. The second-order valence-electron chi connectivity index (χ2n) is 5.35. The Morgan fingerprint density at radius 1 is 1.52 bits per heavy atom. The minimum absolute atomic E-state index is 0.0675. The minimum Gasteiger partial charge on any atom is -0.404 e. The second-order valence-corrected chi connectivity index (χ2v) is 5.35. The van der Waals surface area contributed by atoms with Crippen LogP contribution in [0.25, 0.3) is 0 Å². The van der Waals surface area contributed by atoms with Crippen molar-refractivity contribution < 1.29 is 0 Å². The lowest BCUT2D eigenvalue weighted by Crippen LogP contribution is -2.13. The smallest absolute Gasteiger partial charge is 0.0725 e. The molecular formula is C19H28N4. The molecule has 0 saturated carbocycles. The first-order valence-electron chi connectivity index (χ1n) is 7.96. The van der Waals surface area contributed by atoms with Gasteiger partial charge in [0.1, 0.15) is 0 Å². The zero-order chi connectivity index (χ0) is 17.1. The number of unbranched alkanes of at least 4 members (excludes halogenated alkanes) is 2. The van der Waals surface area contributed by atoms with E-state index < -0.39 is 0 Å². The third-order valence-electron chi connectivity index (χ3n) is 3.59. The van der Waals surface area contributed by atoms with Crippen molar-refractivity contribution in [2.24, 2.45) is 5.73 Å². The summed E-state index contributed by atoms with van der Waals surface area (Å²) >= 11 is 0. The van der Waals surface area contributed by atoms with Crippen molar-refractivity contribution in [2.75, 3.05) is 0 Å². The summed E-state index contributed by atoms with van der Waals surface area (Å²) in [5.74, 6) is 0. The van der Waals surface area contributed by atoms with Gasteiger partial charge < -0.3 is 11.1 Å². The third-order valence-corrected chi connectivity index (χ3v) is 3.59. The Bertz CT molecular complexity index is 590. The van der Waals surface area contributed by atoms with E-state index in [1.165, 1.54) is 19.0 Å². The van der Waals surface area contributed by atoms with Gasteiger partial charge >= 0.3 is 0 Å². The Morgan fingerprint density at radius 3 is 2.87 bits per heavy atom. The van der Waals surface area contributed by atoms with Crippen LogP contribution in [0.4, 0.5) is 0 Å². The molecular weight excluding hydrogens is 284 g/mol. The summed E-state index contributed by atoms with van der Waals surface area (Å²) < 4.78 is 0. The van der Waals surface area contributed by atoms with Gasteiger partial charge in [-0.1, -0.05) is 51.2 Å². The summed E-state index contributed by atoms with van der Waals surface area (Å²) in [5.41, 5.74) is 9.43. The van der Waals surface area contributed by atoms with Gasteiger partial charge in [-0.2, -0.15) is 5.10 Å². The van der Waals surface area contributed by atoms with Crippen molar-refractivity contribution in [3.05, 3.63) is 78.5 Å². The van der Waals surface area contributed by atoms with Crippen molar-refractivity contribution in [3.8, 4) is 0 Å². The van der Waals surface area contributed by atoms with E-state index >= 15 is 0 Å². The molecule has 1 aromatic rings. The molecule has 0 bridgehead atoms. The standard InChI is InChI=1S/C19H28N4/c1-5-7-8-9-10-19(18-14-22-23-16(18)4)21-12-11-17(13-20)15(3)6-2/h6,9-14,19,21H,2-3,5,7-8,20H2,1,4H3,(H,22,23)/b10-9+,12-11+,17-13-. The summed E-state index contributed by atoms with van der Waals surface area (Å²) in [5, 5.41) is 10.5. The van der Waals surface area contributed by atoms with Gasteiger partial charge in [-0.3, -0.25) is 5.10 Å². The fourth-order valence-electron chi connectivity index (χ4n) is 2.11. The SMILES string of the molecule is C=CC(=C)C(=C\N)/C=C/NC(/C=C/CCCC)c1cn[nH]c1C. The summed E-state index contributed by atoms with van der Waals surface area (Å²) in [7, 11) is 0. The zero-order valence-corrected chi connectivity index (χ0v) is 14.2. The summed E-state index contributed by atoms with van der Waals surface area (Å²) in [6, 6.07) is 0.0675. The number of nitrogens with zero attached hydrogens (tertiary/aromatic N) is 1. The highest BCUT2D eigenvalue weighted by molar-refractivity contribution is 5.43. The molecule has 4 heteroatoms. The number of nitrogens with two attached hydrogens (primary N) is 1. The highest BCUT2D eigenvalue weighted by Gasteiger charge is 2.10. The molecule has 1 aromatic heterocycles. The predicted octanol–water partition coefficient (Wildman–Crippen LogP) is 4.19. The molecule has 1 unspecified atom stereocenters. The van der Waals surface area contributed by atoms with Crippen molar-refractivity contribution in [3.63, 3.8) is 0 Å². The highest BCUT2D eigenvalue weighted by Crippen LogP contribution is 2.18. The molecule has 124 valence electrons. The van der Waals surface area contributed by atoms with E-state index in [9.17, 15) is 0 Å². The number of rotatable bonds is 10. The quantitative estimate of drug-likeness (QED) is 0.345. The first-order valence-corrected chi connectivity index (χ1v) is 7.96.